The molecule has 176 valence electrons. The van der Waals surface area contributed by atoms with Gasteiger partial charge in [-0.05, 0) is 47.5 Å². The lowest BCUT2D eigenvalue weighted by Crippen LogP contribution is -2.24. The minimum atomic E-state index is -1.04. The fourth-order valence-corrected chi connectivity index (χ4v) is 4.02. The summed E-state index contributed by atoms with van der Waals surface area (Å²) in [7, 11) is 1.44. The average molecular weight is 462 g/mol. The molecule has 1 atom stereocenters. The predicted octanol–water partition coefficient (Wildman–Crippen LogP) is 4.51. The van der Waals surface area contributed by atoms with Crippen molar-refractivity contribution in [3.63, 3.8) is 0 Å². The van der Waals surface area contributed by atoms with Gasteiger partial charge in [0, 0.05) is 24.6 Å². The van der Waals surface area contributed by atoms with E-state index in [0.717, 1.165) is 16.8 Å². The molecular formula is C27H27NO6. The Balaban J connectivity index is 1.30. The Morgan fingerprint density at radius 3 is 2.50 bits per heavy atom. The van der Waals surface area contributed by atoms with Gasteiger partial charge < -0.3 is 24.2 Å². The van der Waals surface area contributed by atoms with E-state index < -0.39 is 5.97 Å². The summed E-state index contributed by atoms with van der Waals surface area (Å²) in [6.07, 6.45) is 0.354. The van der Waals surface area contributed by atoms with E-state index in [1.165, 1.54) is 13.2 Å². The number of hydrogen-bond acceptors (Lipinski definition) is 5. The number of ether oxygens (including phenoxy) is 3. The monoisotopic (exact) mass is 461 g/mol. The van der Waals surface area contributed by atoms with Crippen LogP contribution in [0.5, 0.6) is 11.5 Å². The summed E-state index contributed by atoms with van der Waals surface area (Å²) >= 11 is 0. The molecule has 3 aromatic rings. The van der Waals surface area contributed by atoms with Gasteiger partial charge in [0.2, 0.25) is 5.91 Å². The number of hydrogen-bond donors (Lipinski definition) is 1. The lowest BCUT2D eigenvalue weighted by molar-refractivity contribution is -0.117. The number of carboxylic acid groups (broad SMARTS) is 1. The number of methoxy groups -OCH3 is 1. The van der Waals surface area contributed by atoms with E-state index in [1.807, 2.05) is 54.6 Å². The van der Waals surface area contributed by atoms with E-state index in [0.29, 0.717) is 44.3 Å². The highest BCUT2D eigenvalue weighted by Crippen LogP contribution is 2.34. The van der Waals surface area contributed by atoms with Crippen LogP contribution in [0.1, 0.15) is 33.8 Å². The number of anilines is 1. The minimum Gasteiger partial charge on any atom is -0.496 e. The fraction of sp³-hybridized carbons (Fsp3) is 0.259. The standard InChI is InChI=1S/C27H27NO6/c1-32-25-15-20(7-12-24(25)27(30)31)21-16-26(29)28(17-21)22-8-10-23(11-9-22)34-14-13-33-18-19-5-3-2-4-6-19/h2-12,15,21H,13-14,16-18H2,1H3,(H,30,31). The molecule has 7 nitrogen and oxygen atoms in total. The van der Waals surface area contributed by atoms with Gasteiger partial charge in [-0.15, -0.1) is 0 Å². The van der Waals surface area contributed by atoms with Gasteiger partial charge in [-0.2, -0.15) is 0 Å². The molecule has 0 saturated carbocycles. The Morgan fingerprint density at radius 2 is 1.79 bits per heavy atom. The number of rotatable bonds is 10. The van der Waals surface area contributed by atoms with Gasteiger partial charge in [0.1, 0.15) is 23.7 Å². The van der Waals surface area contributed by atoms with Gasteiger partial charge in [0.15, 0.2) is 0 Å². The normalized spacial score (nSPS) is 15.4. The molecule has 1 N–H and O–H groups in total. The molecule has 0 bridgehead atoms. The number of carbonyl (C=O) groups is 2. The van der Waals surface area contributed by atoms with Gasteiger partial charge >= 0.3 is 5.97 Å². The van der Waals surface area contributed by atoms with Gasteiger partial charge in [0.05, 0.1) is 20.3 Å². The molecule has 1 saturated heterocycles. The van der Waals surface area contributed by atoms with Crippen LogP contribution in [-0.4, -0.2) is 43.9 Å². The maximum absolute atomic E-state index is 12.7. The van der Waals surface area contributed by atoms with Crippen molar-refractivity contribution in [1.82, 2.24) is 0 Å². The molecule has 1 heterocycles. The molecule has 1 aliphatic heterocycles. The summed E-state index contributed by atoms with van der Waals surface area (Å²) in [5, 5.41) is 9.28. The lowest BCUT2D eigenvalue weighted by Gasteiger charge is -2.18. The Hall–Kier alpha value is -3.84. The number of nitrogens with zero attached hydrogens (tertiary/aromatic N) is 1. The Morgan fingerprint density at radius 1 is 1.03 bits per heavy atom. The SMILES string of the molecule is COc1cc(C2CC(=O)N(c3ccc(OCCOCc4ccccc4)cc3)C2)ccc1C(=O)O. The molecule has 1 fully saturated rings. The Labute approximate surface area is 198 Å². The van der Waals surface area contributed by atoms with E-state index in [1.54, 1.807) is 17.0 Å². The number of amides is 1. The molecule has 0 spiro atoms. The van der Waals surface area contributed by atoms with Crippen molar-refractivity contribution in [3.05, 3.63) is 89.5 Å². The molecule has 0 aromatic heterocycles. The van der Waals surface area contributed by atoms with Crippen molar-refractivity contribution in [2.75, 3.05) is 31.8 Å². The molecule has 7 heteroatoms. The van der Waals surface area contributed by atoms with Crippen LogP contribution in [0, 0.1) is 0 Å². The summed E-state index contributed by atoms with van der Waals surface area (Å²) in [6.45, 7) is 1.98. The second-order valence-corrected chi connectivity index (χ2v) is 8.05. The zero-order chi connectivity index (χ0) is 23.9. The smallest absolute Gasteiger partial charge is 0.339 e. The molecule has 3 aromatic carbocycles. The number of benzene rings is 3. The highest BCUT2D eigenvalue weighted by molar-refractivity contribution is 5.96. The van der Waals surface area contributed by atoms with Crippen LogP contribution < -0.4 is 14.4 Å². The Kier molecular flexibility index (Phi) is 7.44. The first-order chi connectivity index (χ1) is 16.5. The van der Waals surface area contributed by atoms with Crippen LogP contribution in [-0.2, 0) is 16.1 Å². The van der Waals surface area contributed by atoms with Crippen molar-refractivity contribution >= 4 is 17.6 Å². The summed E-state index contributed by atoms with van der Waals surface area (Å²) in [5.74, 6) is -0.0526. The largest absolute Gasteiger partial charge is 0.496 e. The van der Waals surface area contributed by atoms with E-state index in [-0.39, 0.29) is 17.4 Å². The van der Waals surface area contributed by atoms with Crippen LogP contribution >= 0.6 is 0 Å². The van der Waals surface area contributed by atoms with E-state index in [4.69, 9.17) is 14.2 Å². The highest BCUT2D eigenvalue weighted by atomic mass is 16.5. The quantitative estimate of drug-likeness (QED) is 0.447. The fourth-order valence-electron chi connectivity index (χ4n) is 4.02. The molecule has 1 unspecified atom stereocenters. The van der Waals surface area contributed by atoms with Crippen LogP contribution in [0.15, 0.2) is 72.8 Å². The van der Waals surface area contributed by atoms with Gasteiger partial charge in [-0.25, -0.2) is 4.79 Å². The zero-order valence-electron chi connectivity index (χ0n) is 19.0. The summed E-state index contributed by atoms with van der Waals surface area (Å²) < 4.78 is 16.6. The maximum atomic E-state index is 12.7. The van der Waals surface area contributed by atoms with Crippen molar-refractivity contribution < 1.29 is 28.9 Å². The minimum absolute atomic E-state index is 0.0225. The zero-order valence-corrected chi connectivity index (χ0v) is 19.0. The van der Waals surface area contributed by atoms with Crippen molar-refractivity contribution in [1.29, 1.82) is 0 Å². The summed E-state index contributed by atoms with van der Waals surface area (Å²) in [5.41, 5.74) is 2.91. The molecule has 0 aliphatic carbocycles. The highest BCUT2D eigenvalue weighted by Gasteiger charge is 2.32. The topological polar surface area (TPSA) is 85.3 Å². The van der Waals surface area contributed by atoms with Gasteiger partial charge in [0.25, 0.3) is 0 Å². The molecule has 0 radical (unpaired) electrons. The lowest BCUT2D eigenvalue weighted by atomic mass is 9.96. The van der Waals surface area contributed by atoms with Gasteiger partial charge in [-0.1, -0.05) is 36.4 Å². The maximum Gasteiger partial charge on any atom is 0.339 e. The number of carboxylic acids is 1. The van der Waals surface area contributed by atoms with E-state index >= 15 is 0 Å². The van der Waals surface area contributed by atoms with Crippen LogP contribution in [0.3, 0.4) is 0 Å². The molecular weight excluding hydrogens is 434 g/mol. The first kappa shape index (κ1) is 23.3. The van der Waals surface area contributed by atoms with E-state index in [9.17, 15) is 14.7 Å². The first-order valence-corrected chi connectivity index (χ1v) is 11.1. The molecule has 1 amide bonds. The first-order valence-electron chi connectivity index (χ1n) is 11.1. The molecule has 4 rings (SSSR count). The van der Waals surface area contributed by atoms with Gasteiger partial charge in [-0.3, -0.25) is 4.79 Å². The third kappa shape index (κ3) is 5.55. The van der Waals surface area contributed by atoms with Crippen molar-refractivity contribution in [3.8, 4) is 11.5 Å². The second-order valence-electron chi connectivity index (χ2n) is 8.05. The molecule has 1 aliphatic rings. The van der Waals surface area contributed by atoms with Crippen molar-refractivity contribution in [2.45, 2.75) is 18.9 Å². The van der Waals surface area contributed by atoms with E-state index in [2.05, 4.69) is 0 Å². The predicted molar refractivity (Wildman–Crippen MR) is 128 cm³/mol. The van der Waals surface area contributed by atoms with Crippen LogP contribution in [0.4, 0.5) is 5.69 Å². The third-order valence-corrected chi connectivity index (χ3v) is 5.81. The summed E-state index contributed by atoms with van der Waals surface area (Å²) in [4.78, 5) is 25.8. The Bertz CT molecular complexity index is 1130. The number of carbonyl (C=O) groups excluding carboxylic acids is 1. The van der Waals surface area contributed by atoms with Crippen LogP contribution in [0.2, 0.25) is 0 Å². The third-order valence-electron chi connectivity index (χ3n) is 5.81. The second kappa shape index (κ2) is 10.9. The van der Waals surface area contributed by atoms with Crippen LogP contribution in [0.25, 0.3) is 0 Å². The van der Waals surface area contributed by atoms with Crippen molar-refractivity contribution in [2.24, 2.45) is 0 Å². The average Bonchev–Trinajstić information content (AvgIpc) is 3.26. The number of aromatic carboxylic acids is 1. The summed E-state index contributed by atoms with van der Waals surface area (Å²) in [6, 6.07) is 22.4. The molecule has 34 heavy (non-hydrogen) atoms.